The zero-order valence-corrected chi connectivity index (χ0v) is 14.3. The summed E-state index contributed by atoms with van der Waals surface area (Å²) in [4.78, 5) is 24.5. The molecule has 3 rings (SSSR count). The van der Waals surface area contributed by atoms with Crippen molar-refractivity contribution < 1.29 is 14.7 Å². The van der Waals surface area contributed by atoms with Gasteiger partial charge >= 0.3 is 5.97 Å². The molecule has 1 aromatic rings. The molecule has 2 saturated carbocycles. The van der Waals surface area contributed by atoms with Crippen LogP contribution in [-0.2, 0) is 16.0 Å². The van der Waals surface area contributed by atoms with Crippen molar-refractivity contribution in [2.75, 3.05) is 6.54 Å². The SMILES string of the molecule is CC(C)=C1[C@H]2CC[C@@H]1[C@H](C(=O)NCCc1ccccc1)[C@@H]2C(=O)O. The molecule has 0 unspecified atom stereocenters. The van der Waals surface area contributed by atoms with Crippen LogP contribution in [0.4, 0.5) is 0 Å². The Morgan fingerprint density at radius 1 is 1.08 bits per heavy atom. The van der Waals surface area contributed by atoms with E-state index in [1.807, 2.05) is 44.2 Å². The number of aliphatic carboxylic acids is 1. The Morgan fingerprint density at radius 3 is 2.29 bits per heavy atom. The molecule has 0 heterocycles. The van der Waals surface area contributed by atoms with E-state index in [4.69, 9.17) is 0 Å². The third-order valence-electron chi connectivity index (χ3n) is 5.56. The van der Waals surface area contributed by atoms with Crippen LogP contribution >= 0.6 is 0 Å². The number of allylic oxidation sites excluding steroid dienone is 2. The van der Waals surface area contributed by atoms with Crippen molar-refractivity contribution in [3.63, 3.8) is 0 Å². The third-order valence-corrected chi connectivity index (χ3v) is 5.56. The van der Waals surface area contributed by atoms with Crippen LogP contribution in [0.15, 0.2) is 41.5 Å². The van der Waals surface area contributed by atoms with Crippen molar-refractivity contribution in [3.8, 4) is 0 Å². The lowest BCUT2D eigenvalue weighted by molar-refractivity contribution is -0.149. The quantitative estimate of drug-likeness (QED) is 0.817. The molecule has 0 saturated heterocycles. The van der Waals surface area contributed by atoms with Crippen molar-refractivity contribution in [1.82, 2.24) is 5.32 Å². The molecule has 0 spiro atoms. The molecule has 24 heavy (non-hydrogen) atoms. The van der Waals surface area contributed by atoms with Crippen LogP contribution in [0.2, 0.25) is 0 Å². The summed E-state index contributed by atoms with van der Waals surface area (Å²) in [6.07, 6.45) is 2.60. The molecule has 128 valence electrons. The first kappa shape index (κ1) is 16.7. The minimum Gasteiger partial charge on any atom is -0.481 e. The minimum atomic E-state index is -0.829. The van der Waals surface area contributed by atoms with Crippen LogP contribution in [-0.4, -0.2) is 23.5 Å². The summed E-state index contributed by atoms with van der Waals surface area (Å²) >= 11 is 0. The number of nitrogens with one attached hydrogen (secondary N) is 1. The molecule has 4 nitrogen and oxygen atoms in total. The Hall–Kier alpha value is -2.10. The Morgan fingerprint density at radius 2 is 1.71 bits per heavy atom. The summed E-state index contributed by atoms with van der Waals surface area (Å²) in [5.41, 5.74) is 3.59. The van der Waals surface area contributed by atoms with Crippen molar-refractivity contribution in [2.24, 2.45) is 23.7 Å². The summed E-state index contributed by atoms with van der Waals surface area (Å²) in [7, 11) is 0. The topological polar surface area (TPSA) is 66.4 Å². The molecular formula is C20H25NO3. The Kier molecular flexibility index (Phi) is 4.74. The van der Waals surface area contributed by atoms with Crippen molar-refractivity contribution in [3.05, 3.63) is 47.0 Å². The van der Waals surface area contributed by atoms with Gasteiger partial charge < -0.3 is 10.4 Å². The van der Waals surface area contributed by atoms with Gasteiger partial charge in [-0.1, -0.05) is 41.5 Å². The van der Waals surface area contributed by atoms with Crippen molar-refractivity contribution in [1.29, 1.82) is 0 Å². The van der Waals surface area contributed by atoms with E-state index >= 15 is 0 Å². The minimum absolute atomic E-state index is 0.0439. The maximum absolute atomic E-state index is 12.7. The van der Waals surface area contributed by atoms with E-state index in [0.717, 1.165) is 19.3 Å². The van der Waals surface area contributed by atoms with Crippen LogP contribution in [0.5, 0.6) is 0 Å². The number of carboxylic acids is 1. The van der Waals surface area contributed by atoms with Gasteiger partial charge in [0.05, 0.1) is 11.8 Å². The second kappa shape index (κ2) is 6.80. The smallest absolute Gasteiger partial charge is 0.307 e. The van der Waals surface area contributed by atoms with Gasteiger partial charge in [-0.25, -0.2) is 0 Å². The number of fused-ring (bicyclic) bond motifs is 2. The molecular weight excluding hydrogens is 302 g/mol. The Labute approximate surface area is 143 Å². The van der Waals surface area contributed by atoms with Crippen LogP contribution in [0.3, 0.4) is 0 Å². The molecule has 2 aliphatic carbocycles. The zero-order valence-electron chi connectivity index (χ0n) is 14.3. The monoisotopic (exact) mass is 327 g/mol. The zero-order chi connectivity index (χ0) is 17.3. The fourth-order valence-electron chi connectivity index (χ4n) is 4.70. The lowest BCUT2D eigenvalue weighted by atomic mass is 9.78. The summed E-state index contributed by atoms with van der Waals surface area (Å²) in [5.74, 6) is -1.75. The lowest BCUT2D eigenvalue weighted by Gasteiger charge is -2.26. The van der Waals surface area contributed by atoms with Crippen LogP contribution in [0.1, 0.15) is 32.3 Å². The number of hydrogen-bond acceptors (Lipinski definition) is 2. The van der Waals surface area contributed by atoms with Gasteiger partial charge in [-0.05, 0) is 50.5 Å². The van der Waals surface area contributed by atoms with Crippen molar-refractivity contribution in [2.45, 2.75) is 33.1 Å². The first-order valence-corrected chi connectivity index (χ1v) is 8.72. The van der Waals surface area contributed by atoms with Gasteiger partial charge in [0.1, 0.15) is 0 Å². The number of hydrogen-bond donors (Lipinski definition) is 2. The predicted octanol–water partition coefficient (Wildman–Crippen LogP) is 3.04. The van der Waals surface area contributed by atoms with E-state index < -0.39 is 17.8 Å². The Balaban J connectivity index is 1.69. The molecule has 4 atom stereocenters. The molecule has 2 aliphatic rings. The summed E-state index contributed by atoms with van der Waals surface area (Å²) in [6, 6.07) is 10.00. The summed E-state index contributed by atoms with van der Waals surface area (Å²) in [5, 5.41) is 12.6. The number of carboxylic acid groups (broad SMARTS) is 1. The number of carbonyl (C=O) groups is 2. The first-order valence-electron chi connectivity index (χ1n) is 8.72. The van der Waals surface area contributed by atoms with E-state index in [1.54, 1.807) is 0 Å². The first-order chi connectivity index (χ1) is 11.5. The number of amides is 1. The van der Waals surface area contributed by atoms with Gasteiger partial charge in [-0.3, -0.25) is 9.59 Å². The van der Waals surface area contributed by atoms with E-state index in [-0.39, 0.29) is 17.7 Å². The number of carbonyl (C=O) groups excluding carboxylic acids is 1. The van der Waals surface area contributed by atoms with E-state index in [0.29, 0.717) is 6.54 Å². The predicted molar refractivity (Wildman–Crippen MR) is 92.4 cm³/mol. The molecule has 2 N–H and O–H groups in total. The van der Waals surface area contributed by atoms with Gasteiger partial charge in [0.2, 0.25) is 5.91 Å². The molecule has 0 aromatic heterocycles. The maximum atomic E-state index is 12.7. The van der Waals surface area contributed by atoms with E-state index in [1.165, 1.54) is 16.7 Å². The van der Waals surface area contributed by atoms with Gasteiger partial charge in [0, 0.05) is 6.54 Å². The highest BCUT2D eigenvalue weighted by Crippen LogP contribution is 2.57. The van der Waals surface area contributed by atoms with E-state index in [2.05, 4.69) is 5.32 Å². The van der Waals surface area contributed by atoms with Crippen LogP contribution in [0.25, 0.3) is 0 Å². The normalized spacial score (nSPS) is 28.0. The third kappa shape index (κ3) is 2.97. The standard InChI is InChI=1S/C20H25NO3/c1-12(2)16-14-8-9-15(16)18(20(23)24)17(14)19(22)21-11-10-13-6-4-3-5-7-13/h3-7,14-15,17-18H,8-11H2,1-2H3,(H,21,22)(H,23,24)/t14-,15+,17-,18+/m0/s1. The highest BCUT2D eigenvalue weighted by molar-refractivity contribution is 5.87. The molecule has 2 bridgehead atoms. The maximum Gasteiger partial charge on any atom is 0.307 e. The lowest BCUT2D eigenvalue weighted by Crippen LogP contribution is -2.41. The van der Waals surface area contributed by atoms with Crippen LogP contribution < -0.4 is 5.32 Å². The van der Waals surface area contributed by atoms with Gasteiger partial charge in [-0.15, -0.1) is 0 Å². The second-order valence-electron chi connectivity index (χ2n) is 7.16. The fraction of sp³-hybridized carbons (Fsp3) is 0.500. The van der Waals surface area contributed by atoms with Crippen molar-refractivity contribution >= 4 is 11.9 Å². The van der Waals surface area contributed by atoms with Crippen LogP contribution in [0, 0.1) is 23.7 Å². The molecule has 0 radical (unpaired) electrons. The van der Waals surface area contributed by atoms with E-state index in [9.17, 15) is 14.7 Å². The van der Waals surface area contributed by atoms with Gasteiger partial charge in [-0.2, -0.15) is 0 Å². The summed E-state index contributed by atoms with van der Waals surface area (Å²) in [6.45, 7) is 4.62. The fourth-order valence-corrected chi connectivity index (χ4v) is 4.70. The molecule has 1 aromatic carbocycles. The molecule has 1 amide bonds. The number of rotatable bonds is 5. The average molecular weight is 327 g/mol. The Bertz CT molecular complexity index is 661. The molecule has 4 heteroatoms. The van der Waals surface area contributed by atoms with Gasteiger partial charge in [0.25, 0.3) is 0 Å². The molecule has 2 fully saturated rings. The second-order valence-corrected chi connectivity index (χ2v) is 7.16. The average Bonchev–Trinajstić information content (AvgIpc) is 3.11. The largest absolute Gasteiger partial charge is 0.481 e. The summed E-state index contributed by atoms with van der Waals surface area (Å²) < 4.78 is 0. The van der Waals surface area contributed by atoms with Gasteiger partial charge in [0.15, 0.2) is 0 Å². The molecule has 0 aliphatic heterocycles. The highest BCUT2D eigenvalue weighted by atomic mass is 16.4. The highest BCUT2D eigenvalue weighted by Gasteiger charge is 2.57. The number of benzene rings is 1.